The first-order chi connectivity index (χ1) is 20.2. The van der Waals surface area contributed by atoms with E-state index in [1.807, 2.05) is 36.4 Å². The molecule has 6 aromatic rings. The summed E-state index contributed by atoms with van der Waals surface area (Å²) in [5.74, 6) is 0. The van der Waals surface area contributed by atoms with Gasteiger partial charge in [0.25, 0.3) is 0 Å². The summed E-state index contributed by atoms with van der Waals surface area (Å²) < 4.78 is 71.9. The zero-order valence-electron chi connectivity index (χ0n) is 27.3. The average Bonchev–Trinajstić information content (AvgIpc) is 3.35. The second kappa shape index (κ2) is 10.8. The fraction of sp³-hybridized carbons (Fsp3) is 0.0968. The van der Waals surface area contributed by atoms with Crippen LogP contribution in [0, 0.1) is 32.7 Å². The summed E-state index contributed by atoms with van der Waals surface area (Å²) >= 11 is 0. The van der Waals surface area contributed by atoms with Gasteiger partial charge in [-0.05, 0) is 42.3 Å². The Hall–Kier alpha value is -3.59. The number of aromatic nitrogens is 2. The van der Waals surface area contributed by atoms with Gasteiger partial charge in [-0.25, -0.2) is 0 Å². The SMILES string of the molecule is [2H]C([2H])([2H])c1c[c-]c(-c2ccc(C([2H])([2H])[2H])cn2)cc1.[2H]C([2H])([2H])c1ccc(-c2[c-]ccc3c2oc2ccccc23)nc1.[Ir]. The number of fused-ring (bicyclic) bond motifs is 3. The van der Waals surface area contributed by atoms with Gasteiger partial charge in [0.05, 0.1) is 5.58 Å². The molecule has 1 radical (unpaired) electrons. The Morgan fingerprint density at radius 2 is 1.43 bits per heavy atom. The molecule has 4 heteroatoms. The van der Waals surface area contributed by atoms with E-state index in [9.17, 15) is 0 Å². The van der Waals surface area contributed by atoms with E-state index in [-0.39, 0.29) is 36.8 Å². The molecule has 0 spiro atoms. The van der Waals surface area contributed by atoms with Crippen molar-refractivity contribution in [2.45, 2.75) is 20.6 Å². The van der Waals surface area contributed by atoms with Gasteiger partial charge in [0.15, 0.2) is 0 Å². The van der Waals surface area contributed by atoms with Crippen molar-refractivity contribution >= 4 is 21.9 Å². The minimum Gasteiger partial charge on any atom is -0.501 e. The maximum absolute atomic E-state index is 7.42. The van der Waals surface area contributed by atoms with Crippen LogP contribution in [0.25, 0.3) is 44.5 Å². The Morgan fingerprint density at radius 1 is 0.714 bits per heavy atom. The van der Waals surface area contributed by atoms with E-state index in [4.69, 9.17) is 16.8 Å². The molecule has 0 N–H and O–H groups in total. The van der Waals surface area contributed by atoms with E-state index in [1.54, 1.807) is 24.3 Å². The normalized spacial score (nSPS) is 15.4. The van der Waals surface area contributed by atoms with Gasteiger partial charge in [0.1, 0.15) is 5.58 Å². The van der Waals surface area contributed by atoms with Crippen LogP contribution in [0.15, 0.2) is 95.7 Å². The van der Waals surface area contributed by atoms with Crippen molar-refractivity contribution in [1.82, 2.24) is 9.97 Å². The summed E-state index contributed by atoms with van der Waals surface area (Å²) in [6, 6.07) is 28.5. The third-order valence-corrected chi connectivity index (χ3v) is 5.21. The number of hydrogen-bond acceptors (Lipinski definition) is 3. The van der Waals surface area contributed by atoms with Crippen LogP contribution in [0.1, 0.15) is 29.0 Å². The summed E-state index contributed by atoms with van der Waals surface area (Å²) in [7, 11) is 0. The molecule has 0 fully saturated rings. The minimum absolute atomic E-state index is 0. The Morgan fingerprint density at radius 3 is 2.09 bits per heavy atom. The molecule has 0 saturated carbocycles. The molecule has 175 valence electrons. The maximum atomic E-state index is 7.42. The Kier molecular flexibility index (Phi) is 4.74. The van der Waals surface area contributed by atoms with E-state index >= 15 is 0 Å². The molecule has 0 bridgehead atoms. The number of hydrogen-bond donors (Lipinski definition) is 0. The zero-order chi connectivity index (χ0) is 31.0. The second-order valence-electron chi connectivity index (χ2n) is 7.55. The zero-order valence-corrected chi connectivity index (χ0v) is 20.7. The van der Waals surface area contributed by atoms with E-state index in [2.05, 4.69) is 22.1 Å². The number of aryl methyl sites for hydroxylation is 3. The molecule has 0 aliphatic heterocycles. The van der Waals surface area contributed by atoms with E-state index < -0.39 is 20.6 Å². The Bertz CT molecular complexity index is 1800. The van der Waals surface area contributed by atoms with Crippen LogP contribution in [0.2, 0.25) is 0 Å². The first-order valence-electron chi connectivity index (χ1n) is 15.0. The van der Waals surface area contributed by atoms with Crippen molar-refractivity contribution in [2.75, 3.05) is 0 Å². The van der Waals surface area contributed by atoms with Crippen LogP contribution in [-0.4, -0.2) is 9.97 Å². The number of furan rings is 1. The molecule has 0 aliphatic carbocycles. The van der Waals surface area contributed by atoms with Crippen LogP contribution < -0.4 is 0 Å². The summed E-state index contributed by atoms with van der Waals surface area (Å²) in [6.07, 6.45) is 2.69. The fourth-order valence-corrected chi connectivity index (χ4v) is 3.56. The summed E-state index contributed by atoms with van der Waals surface area (Å²) in [4.78, 5) is 8.36. The molecule has 0 saturated heterocycles. The van der Waals surface area contributed by atoms with Gasteiger partial charge in [0, 0.05) is 50.2 Å². The number of para-hydroxylation sites is 1. The van der Waals surface area contributed by atoms with Crippen molar-refractivity contribution < 1.29 is 36.9 Å². The molecule has 0 unspecified atom stereocenters. The number of benzene rings is 3. The standard InChI is InChI=1S/C18H12NO.C13H12N.Ir/c1-12-9-10-16(19-11-12)15-7-4-6-14-13-5-2-3-8-17(13)20-18(14)15;1-10-3-6-12(7-4-10)13-8-5-11(2)9-14-13;/h2-6,8-11H,1H3;3-6,8-9H,1-2H3;/q2*-1;/i1D3;1D3,2D3;. The van der Waals surface area contributed by atoms with Gasteiger partial charge < -0.3 is 14.4 Å². The summed E-state index contributed by atoms with van der Waals surface area (Å²) in [5, 5.41) is 2.04. The predicted molar refractivity (Wildman–Crippen MR) is 139 cm³/mol. The predicted octanol–water partition coefficient (Wildman–Crippen LogP) is 7.92. The quantitative estimate of drug-likeness (QED) is 0.180. The molecule has 0 atom stereocenters. The van der Waals surface area contributed by atoms with E-state index in [0.717, 1.165) is 21.9 Å². The monoisotopic (exact) mass is 642 g/mol. The number of pyridine rings is 2. The number of nitrogens with zero attached hydrogens (tertiary/aromatic N) is 2. The van der Waals surface area contributed by atoms with Crippen molar-refractivity contribution in [3.8, 4) is 22.5 Å². The van der Waals surface area contributed by atoms with Gasteiger partial charge in [-0.15, -0.1) is 53.6 Å². The Balaban J connectivity index is 0.000000199. The van der Waals surface area contributed by atoms with Crippen LogP contribution >= 0.6 is 0 Å². The largest absolute Gasteiger partial charge is 0.501 e. The van der Waals surface area contributed by atoms with Crippen molar-refractivity contribution in [2.24, 2.45) is 0 Å². The number of rotatable bonds is 2. The van der Waals surface area contributed by atoms with Crippen molar-refractivity contribution in [1.29, 1.82) is 0 Å². The molecular formula is C31H24IrN2O-2. The van der Waals surface area contributed by atoms with E-state index in [1.165, 1.54) is 30.6 Å². The third-order valence-electron chi connectivity index (χ3n) is 5.21. The maximum Gasteiger partial charge on any atom is 0.120 e. The second-order valence-corrected chi connectivity index (χ2v) is 7.55. The molecule has 0 aliphatic rings. The molecule has 3 aromatic heterocycles. The first kappa shape index (κ1) is 15.4. The first-order valence-corrected chi connectivity index (χ1v) is 10.5. The molecule has 35 heavy (non-hydrogen) atoms. The van der Waals surface area contributed by atoms with Crippen LogP contribution in [0.3, 0.4) is 0 Å². The topological polar surface area (TPSA) is 38.9 Å². The van der Waals surface area contributed by atoms with Gasteiger partial charge in [-0.2, -0.15) is 0 Å². The molecule has 0 amide bonds. The summed E-state index contributed by atoms with van der Waals surface area (Å²) in [5.41, 5.74) is 4.66. The molecule has 3 nitrogen and oxygen atoms in total. The van der Waals surface area contributed by atoms with E-state index in [0.29, 0.717) is 22.5 Å². The van der Waals surface area contributed by atoms with Crippen molar-refractivity contribution in [3.63, 3.8) is 0 Å². The van der Waals surface area contributed by atoms with Gasteiger partial charge >= 0.3 is 0 Å². The van der Waals surface area contributed by atoms with Crippen LogP contribution in [0.5, 0.6) is 0 Å². The Labute approximate surface area is 231 Å². The molecule has 3 heterocycles. The van der Waals surface area contributed by atoms with Gasteiger partial charge in [-0.1, -0.05) is 60.3 Å². The minimum atomic E-state index is -2.18. The fourth-order valence-electron chi connectivity index (χ4n) is 3.56. The smallest absolute Gasteiger partial charge is 0.120 e. The molecular weight excluding hydrogens is 609 g/mol. The van der Waals surface area contributed by atoms with Crippen molar-refractivity contribution in [3.05, 3.63) is 120 Å². The van der Waals surface area contributed by atoms with Crippen LogP contribution in [0.4, 0.5) is 0 Å². The van der Waals surface area contributed by atoms with Gasteiger partial charge in [0.2, 0.25) is 0 Å². The molecule has 3 aromatic carbocycles. The third kappa shape index (κ3) is 5.40. The molecule has 6 rings (SSSR count). The van der Waals surface area contributed by atoms with Crippen LogP contribution in [-0.2, 0) is 20.1 Å². The summed E-state index contributed by atoms with van der Waals surface area (Å²) in [6.45, 7) is -6.49. The van der Waals surface area contributed by atoms with Gasteiger partial charge in [-0.3, -0.25) is 0 Å². The average molecular weight is 642 g/mol.